The Hall–Kier alpha value is -1.62. The molecule has 5 nitrogen and oxygen atoms in total. The minimum absolute atomic E-state index is 0.0744. The van der Waals surface area contributed by atoms with E-state index in [1.807, 2.05) is 26.0 Å². The Kier molecular flexibility index (Phi) is 4.74. The van der Waals surface area contributed by atoms with E-state index in [-0.39, 0.29) is 12.0 Å². The average Bonchev–Trinajstić information content (AvgIpc) is 2.32. The van der Waals surface area contributed by atoms with E-state index < -0.39 is 0 Å². The van der Waals surface area contributed by atoms with Gasteiger partial charge in [0.15, 0.2) is 0 Å². The first-order chi connectivity index (χ1) is 9.15. The van der Waals surface area contributed by atoms with Crippen LogP contribution in [0.4, 0.5) is 0 Å². The van der Waals surface area contributed by atoms with E-state index >= 15 is 0 Å². The van der Waals surface area contributed by atoms with E-state index in [0.717, 1.165) is 18.7 Å². The van der Waals surface area contributed by atoms with E-state index in [9.17, 15) is 4.79 Å². The molecule has 1 aliphatic rings. The van der Waals surface area contributed by atoms with Gasteiger partial charge < -0.3 is 15.4 Å². The van der Waals surface area contributed by atoms with Crippen molar-refractivity contribution in [3.63, 3.8) is 0 Å². The molecule has 19 heavy (non-hydrogen) atoms. The molecule has 2 N–H and O–H groups in total. The van der Waals surface area contributed by atoms with Crippen LogP contribution in [0.1, 0.15) is 25.8 Å². The summed E-state index contributed by atoms with van der Waals surface area (Å²) < 4.78 is 5.62. The fourth-order valence-corrected chi connectivity index (χ4v) is 1.91. The molecular formula is C14H21N3O2. The van der Waals surface area contributed by atoms with Gasteiger partial charge in [-0.25, -0.2) is 4.98 Å². The molecule has 104 valence electrons. The molecule has 2 rings (SSSR count). The lowest BCUT2D eigenvalue weighted by Gasteiger charge is -2.26. The van der Waals surface area contributed by atoms with Gasteiger partial charge in [-0.05, 0) is 38.9 Å². The molecule has 1 aliphatic heterocycles. The van der Waals surface area contributed by atoms with Crippen molar-refractivity contribution in [1.82, 2.24) is 15.6 Å². The number of carbonyl (C=O) groups excluding carboxylic acids is 1. The summed E-state index contributed by atoms with van der Waals surface area (Å²) in [5.74, 6) is 1.18. The van der Waals surface area contributed by atoms with Crippen LogP contribution in [0.15, 0.2) is 18.3 Å². The van der Waals surface area contributed by atoms with Gasteiger partial charge in [-0.15, -0.1) is 0 Å². The number of nitrogens with zero attached hydrogens (tertiary/aromatic N) is 1. The Morgan fingerprint density at radius 1 is 1.58 bits per heavy atom. The van der Waals surface area contributed by atoms with Crippen LogP contribution in [-0.2, 0) is 11.3 Å². The van der Waals surface area contributed by atoms with Gasteiger partial charge in [-0.1, -0.05) is 6.07 Å². The highest BCUT2D eigenvalue weighted by molar-refractivity contribution is 5.76. The van der Waals surface area contributed by atoms with Gasteiger partial charge in [0.1, 0.15) is 0 Å². The molecule has 1 aromatic heterocycles. The Balaban J connectivity index is 1.85. The van der Waals surface area contributed by atoms with Crippen molar-refractivity contribution in [3.05, 3.63) is 23.9 Å². The minimum atomic E-state index is 0.0744. The predicted molar refractivity (Wildman–Crippen MR) is 72.8 cm³/mol. The third-order valence-electron chi connectivity index (χ3n) is 3.01. The van der Waals surface area contributed by atoms with Crippen molar-refractivity contribution in [2.75, 3.05) is 13.1 Å². The van der Waals surface area contributed by atoms with Crippen LogP contribution in [0.2, 0.25) is 0 Å². The molecule has 0 aromatic carbocycles. The van der Waals surface area contributed by atoms with E-state index in [0.29, 0.717) is 24.8 Å². The summed E-state index contributed by atoms with van der Waals surface area (Å²) in [5.41, 5.74) is 0.913. The summed E-state index contributed by atoms with van der Waals surface area (Å²) in [5, 5.41) is 6.09. The number of aromatic nitrogens is 1. The molecule has 0 spiro atoms. The second kappa shape index (κ2) is 6.52. The van der Waals surface area contributed by atoms with Gasteiger partial charge >= 0.3 is 0 Å². The van der Waals surface area contributed by atoms with Crippen molar-refractivity contribution in [3.8, 4) is 5.88 Å². The smallest absolute Gasteiger partial charge is 0.220 e. The Morgan fingerprint density at radius 3 is 3.00 bits per heavy atom. The van der Waals surface area contributed by atoms with Crippen molar-refractivity contribution in [2.24, 2.45) is 5.92 Å². The van der Waals surface area contributed by atoms with Gasteiger partial charge in [0.25, 0.3) is 0 Å². The number of nitrogens with one attached hydrogen (secondary N) is 2. The molecule has 1 amide bonds. The summed E-state index contributed by atoms with van der Waals surface area (Å²) in [4.78, 5) is 16.0. The zero-order chi connectivity index (χ0) is 13.7. The molecular weight excluding hydrogens is 242 g/mol. The number of carbonyl (C=O) groups is 1. The van der Waals surface area contributed by atoms with Gasteiger partial charge in [-0.3, -0.25) is 4.79 Å². The SMILES string of the molecule is CC(C)Oc1ncccc1CNC(=O)CC1CNC1. The number of rotatable bonds is 6. The van der Waals surface area contributed by atoms with Gasteiger partial charge in [0.05, 0.1) is 6.10 Å². The maximum atomic E-state index is 11.8. The third-order valence-corrected chi connectivity index (χ3v) is 3.01. The van der Waals surface area contributed by atoms with E-state index in [2.05, 4.69) is 15.6 Å². The van der Waals surface area contributed by atoms with E-state index in [1.165, 1.54) is 0 Å². The second-order valence-corrected chi connectivity index (χ2v) is 5.14. The Bertz CT molecular complexity index is 430. The normalized spacial score (nSPS) is 15.1. The second-order valence-electron chi connectivity index (χ2n) is 5.14. The van der Waals surface area contributed by atoms with Crippen LogP contribution in [0.3, 0.4) is 0 Å². The topological polar surface area (TPSA) is 63.2 Å². The monoisotopic (exact) mass is 263 g/mol. The van der Waals surface area contributed by atoms with Crippen LogP contribution in [0, 0.1) is 5.92 Å². The molecule has 1 aromatic rings. The molecule has 0 unspecified atom stereocenters. The fraction of sp³-hybridized carbons (Fsp3) is 0.571. The zero-order valence-corrected chi connectivity index (χ0v) is 11.5. The Labute approximate surface area is 113 Å². The minimum Gasteiger partial charge on any atom is -0.475 e. The summed E-state index contributed by atoms with van der Waals surface area (Å²) >= 11 is 0. The highest BCUT2D eigenvalue weighted by Crippen LogP contribution is 2.16. The third kappa shape index (κ3) is 4.21. The largest absolute Gasteiger partial charge is 0.475 e. The lowest BCUT2D eigenvalue weighted by Crippen LogP contribution is -2.44. The number of hydrogen-bond donors (Lipinski definition) is 2. The predicted octanol–water partition coefficient (Wildman–Crippen LogP) is 1.09. The first-order valence-corrected chi connectivity index (χ1v) is 6.73. The summed E-state index contributed by atoms with van der Waals surface area (Å²) in [6, 6.07) is 3.78. The number of pyridine rings is 1. The van der Waals surface area contributed by atoms with E-state index in [4.69, 9.17) is 4.74 Å². The van der Waals surface area contributed by atoms with Gasteiger partial charge in [0.2, 0.25) is 11.8 Å². The number of hydrogen-bond acceptors (Lipinski definition) is 4. The molecule has 0 aliphatic carbocycles. The van der Waals surface area contributed by atoms with Crippen LogP contribution in [0.25, 0.3) is 0 Å². The molecule has 5 heteroatoms. The summed E-state index contributed by atoms with van der Waals surface area (Å²) in [6.07, 6.45) is 2.36. The van der Waals surface area contributed by atoms with Crippen molar-refractivity contribution >= 4 is 5.91 Å². The molecule has 0 radical (unpaired) electrons. The van der Waals surface area contributed by atoms with Crippen LogP contribution >= 0.6 is 0 Å². The molecule has 0 saturated carbocycles. The molecule has 1 saturated heterocycles. The van der Waals surface area contributed by atoms with Crippen molar-refractivity contribution in [2.45, 2.75) is 32.9 Å². The molecule has 1 fully saturated rings. The van der Waals surface area contributed by atoms with Crippen molar-refractivity contribution in [1.29, 1.82) is 0 Å². The first-order valence-electron chi connectivity index (χ1n) is 6.73. The zero-order valence-electron chi connectivity index (χ0n) is 11.5. The quantitative estimate of drug-likeness (QED) is 0.806. The maximum absolute atomic E-state index is 11.8. The highest BCUT2D eigenvalue weighted by Gasteiger charge is 2.20. The van der Waals surface area contributed by atoms with Gasteiger partial charge in [-0.2, -0.15) is 0 Å². The molecule has 2 heterocycles. The lowest BCUT2D eigenvalue weighted by molar-refractivity contribution is -0.122. The van der Waals surface area contributed by atoms with Crippen LogP contribution in [0.5, 0.6) is 5.88 Å². The standard InChI is InChI=1S/C14H21N3O2/c1-10(2)19-14-12(4-3-5-16-14)9-17-13(18)6-11-7-15-8-11/h3-5,10-11,15H,6-9H2,1-2H3,(H,17,18). The fourth-order valence-electron chi connectivity index (χ4n) is 1.91. The average molecular weight is 263 g/mol. The number of amides is 1. The van der Waals surface area contributed by atoms with Crippen LogP contribution < -0.4 is 15.4 Å². The lowest BCUT2D eigenvalue weighted by atomic mass is 9.99. The van der Waals surface area contributed by atoms with Crippen molar-refractivity contribution < 1.29 is 9.53 Å². The highest BCUT2D eigenvalue weighted by atomic mass is 16.5. The summed E-state index contributed by atoms with van der Waals surface area (Å²) in [6.45, 7) is 6.28. The molecule has 0 bridgehead atoms. The summed E-state index contributed by atoms with van der Waals surface area (Å²) in [7, 11) is 0. The molecule has 0 atom stereocenters. The number of ether oxygens (including phenoxy) is 1. The van der Waals surface area contributed by atoms with Crippen LogP contribution in [-0.4, -0.2) is 30.1 Å². The van der Waals surface area contributed by atoms with Gasteiger partial charge in [0, 0.05) is 24.7 Å². The first kappa shape index (κ1) is 13.8. The maximum Gasteiger partial charge on any atom is 0.220 e. The van der Waals surface area contributed by atoms with E-state index in [1.54, 1.807) is 6.20 Å². The Morgan fingerprint density at radius 2 is 2.37 bits per heavy atom.